The second kappa shape index (κ2) is 7.81. The fourth-order valence-corrected chi connectivity index (χ4v) is 2.72. The molecule has 3 rings (SSSR count). The smallest absolute Gasteiger partial charge is 0.255 e. The summed E-state index contributed by atoms with van der Waals surface area (Å²) < 4.78 is 5.10. The summed E-state index contributed by atoms with van der Waals surface area (Å²) in [4.78, 5) is 25.8. The lowest BCUT2D eigenvalue weighted by Gasteiger charge is -2.26. The van der Waals surface area contributed by atoms with E-state index in [1.807, 2.05) is 12.1 Å². The van der Waals surface area contributed by atoms with Gasteiger partial charge in [-0.05, 0) is 42.0 Å². The van der Waals surface area contributed by atoms with Gasteiger partial charge in [-0.3, -0.25) is 14.5 Å². The van der Waals surface area contributed by atoms with Crippen molar-refractivity contribution in [1.29, 1.82) is 0 Å². The molecule has 0 radical (unpaired) electrons. The van der Waals surface area contributed by atoms with Crippen LogP contribution in [0.5, 0.6) is 5.75 Å². The summed E-state index contributed by atoms with van der Waals surface area (Å²) in [6.45, 7) is 2.64. The monoisotopic (exact) mass is 339 g/mol. The number of hydrogen-bond donors (Lipinski definition) is 2. The van der Waals surface area contributed by atoms with E-state index in [9.17, 15) is 9.59 Å². The Hall–Kier alpha value is -2.86. The Bertz CT molecular complexity index is 742. The van der Waals surface area contributed by atoms with E-state index in [1.165, 1.54) is 0 Å². The van der Waals surface area contributed by atoms with E-state index in [4.69, 9.17) is 4.74 Å². The van der Waals surface area contributed by atoms with Crippen molar-refractivity contribution < 1.29 is 14.3 Å². The predicted octanol–water partition coefficient (Wildman–Crippen LogP) is 1.88. The highest BCUT2D eigenvalue weighted by atomic mass is 16.5. The molecule has 2 aromatic carbocycles. The van der Waals surface area contributed by atoms with Crippen LogP contribution < -0.4 is 15.4 Å². The largest absolute Gasteiger partial charge is 0.497 e. The normalized spacial score (nSPS) is 14.7. The lowest BCUT2D eigenvalue weighted by Crippen LogP contribution is -2.47. The highest BCUT2D eigenvalue weighted by Gasteiger charge is 2.16. The van der Waals surface area contributed by atoms with Crippen molar-refractivity contribution in [2.45, 2.75) is 6.54 Å². The molecule has 0 unspecified atom stereocenters. The first-order chi connectivity index (χ1) is 12.1. The van der Waals surface area contributed by atoms with Crippen molar-refractivity contribution in [3.63, 3.8) is 0 Å². The molecular weight excluding hydrogens is 318 g/mol. The quantitative estimate of drug-likeness (QED) is 0.873. The Morgan fingerprint density at radius 3 is 2.52 bits per heavy atom. The SMILES string of the molecule is COc1ccc(NC(=O)c2ccc(CN3CCNC(=O)C3)cc2)cc1. The van der Waals surface area contributed by atoms with Crippen LogP contribution in [0.4, 0.5) is 5.69 Å². The molecule has 1 heterocycles. The number of piperazine rings is 1. The van der Waals surface area contributed by atoms with Gasteiger partial charge in [0, 0.05) is 30.9 Å². The molecule has 2 amide bonds. The van der Waals surface area contributed by atoms with Crippen LogP contribution in [0.2, 0.25) is 0 Å². The van der Waals surface area contributed by atoms with E-state index in [0.29, 0.717) is 30.9 Å². The minimum Gasteiger partial charge on any atom is -0.497 e. The van der Waals surface area contributed by atoms with Crippen molar-refractivity contribution in [2.24, 2.45) is 0 Å². The van der Waals surface area contributed by atoms with Gasteiger partial charge >= 0.3 is 0 Å². The van der Waals surface area contributed by atoms with Gasteiger partial charge in [0.05, 0.1) is 13.7 Å². The number of amides is 2. The number of ether oxygens (including phenoxy) is 1. The molecule has 2 N–H and O–H groups in total. The van der Waals surface area contributed by atoms with Crippen molar-refractivity contribution in [2.75, 3.05) is 32.1 Å². The molecular formula is C19H21N3O3. The average molecular weight is 339 g/mol. The number of carbonyl (C=O) groups excluding carboxylic acids is 2. The van der Waals surface area contributed by atoms with Gasteiger partial charge in [-0.1, -0.05) is 12.1 Å². The van der Waals surface area contributed by atoms with E-state index in [1.54, 1.807) is 43.5 Å². The molecule has 0 spiro atoms. The van der Waals surface area contributed by atoms with Gasteiger partial charge in [0.25, 0.3) is 5.91 Å². The molecule has 25 heavy (non-hydrogen) atoms. The molecule has 0 saturated carbocycles. The van der Waals surface area contributed by atoms with Gasteiger partial charge in [-0.15, -0.1) is 0 Å². The number of nitrogens with one attached hydrogen (secondary N) is 2. The van der Waals surface area contributed by atoms with E-state index < -0.39 is 0 Å². The van der Waals surface area contributed by atoms with Crippen LogP contribution in [-0.4, -0.2) is 43.5 Å². The number of benzene rings is 2. The van der Waals surface area contributed by atoms with E-state index >= 15 is 0 Å². The van der Waals surface area contributed by atoms with E-state index in [0.717, 1.165) is 17.9 Å². The summed E-state index contributed by atoms with van der Waals surface area (Å²) in [6, 6.07) is 14.7. The molecule has 0 atom stereocenters. The number of hydrogen-bond acceptors (Lipinski definition) is 4. The molecule has 0 aromatic heterocycles. The van der Waals surface area contributed by atoms with Crippen LogP contribution in [0.3, 0.4) is 0 Å². The highest BCUT2D eigenvalue weighted by molar-refractivity contribution is 6.04. The fourth-order valence-electron chi connectivity index (χ4n) is 2.72. The second-order valence-electron chi connectivity index (χ2n) is 5.94. The first kappa shape index (κ1) is 17.0. The van der Waals surface area contributed by atoms with Crippen molar-refractivity contribution in [3.8, 4) is 5.75 Å². The van der Waals surface area contributed by atoms with Crippen LogP contribution in [0, 0.1) is 0 Å². The summed E-state index contributed by atoms with van der Waals surface area (Å²) in [7, 11) is 1.60. The molecule has 2 aromatic rings. The minimum atomic E-state index is -0.158. The van der Waals surface area contributed by atoms with E-state index in [2.05, 4.69) is 15.5 Å². The first-order valence-corrected chi connectivity index (χ1v) is 8.17. The Morgan fingerprint density at radius 2 is 1.88 bits per heavy atom. The molecule has 1 aliphatic heterocycles. The minimum absolute atomic E-state index is 0.0572. The van der Waals surface area contributed by atoms with Crippen LogP contribution in [0.1, 0.15) is 15.9 Å². The molecule has 0 aliphatic carbocycles. The second-order valence-corrected chi connectivity index (χ2v) is 5.94. The Labute approximate surface area is 146 Å². The lowest BCUT2D eigenvalue weighted by atomic mass is 10.1. The maximum absolute atomic E-state index is 12.3. The van der Waals surface area contributed by atoms with Gasteiger partial charge < -0.3 is 15.4 Å². The molecule has 130 valence electrons. The standard InChI is InChI=1S/C19H21N3O3/c1-25-17-8-6-16(7-9-17)21-19(24)15-4-2-14(3-5-15)12-22-11-10-20-18(23)13-22/h2-9H,10-13H2,1H3,(H,20,23)(H,21,24). The third-order valence-corrected chi connectivity index (χ3v) is 4.09. The third-order valence-electron chi connectivity index (χ3n) is 4.09. The predicted molar refractivity (Wildman–Crippen MR) is 95.7 cm³/mol. The van der Waals surface area contributed by atoms with Gasteiger partial charge in [0.2, 0.25) is 5.91 Å². The van der Waals surface area contributed by atoms with Crippen LogP contribution in [0.15, 0.2) is 48.5 Å². The first-order valence-electron chi connectivity index (χ1n) is 8.17. The van der Waals surface area contributed by atoms with Gasteiger partial charge in [-0.25, -0.2) is 0 Å². The molecule has 6 heteroatoms. The zero-order valence-corrected chi connectivity index (χ0v) is 14.1. The van der Waals surface area contributed by atoms with E-state index in [-0.39, 0.29) is 11.8 Å². The lowest BCUT2D eigenvalue weighted by molar-refractivity contribution is -0.124. The average Bonchev–Trinajstić information content (AvgIpc) is 2.63. The maximum Gasteiger partial charge on any atom is 0.255 e. The third kappa shape index (κ3) is 4.58. The van der Waals surface area contributed by atoms with Crippen molar-refractivity contribution >= 4 is 17.5 Å². The molecule has 1 saturated heterocycles. The van der Waals surface area contributed by atoms with Gasteiger partial charge in [0.1, 0.15) is 5.75 Å². The fraction of sp³-hybridized carbons (Fsp3) is 0.263. The molecule has 6 nitrogen and oxygen atoms in total. The summed E-state index contributed by atoms with van der Waals surface area (Å²) in [6.07, 6.45) is 0. The number of carbonyl (C=O) groups is 2. The summed E-state index contributed by atoms with van der Waals surface area (Å²) in [5, 5.41) is 5.67. The topological polar surface area (TPSA) is 70.7 Å². The van der Waals surface area contributed by atoms with Crippen LogP contribution in [-0.2, 0) is 11.3 Å². The summed E-state index contributed by atoms with van der Waals surface area (Å²) in [5.41, 5.74) is 2.39. The van der Waals surface area contributed by atoms with Gasteiger partial charge in [-0.2, -0.15) is 0 Å². The summed E-state index contributed by atoms with van der Waals surface area (Å²) in [5.74, 6) is 0.643. The molecule has 1 fully saturated rings. The zero-order chi connectivity index (χ0) is 17.6. The number of anilines is 1. The maximum atomic E-state index is 12.3. The number of rotatable bonds is 5. The van der Waals surface area contributed by atoms with Crippen LogP contribution >= 0.6 is 0 Å². The Morgan fingerprint density at radius 1 is 1.16 bits per heavy atom. The Balaban J connectivity index is 1.59. The van der Waals surface area contributed by atoms with Crippen molar-refractivity contribution in [3.05, 3.63) is 59.7 Å². The number of nitrogens with zero attached hydrogens (tertiary/aromatic N) is 1. The molecule has 0 bridgehead atoms. The van der Waals surface area contributed by atoms with Crippen LogP contribution in [0.25, 0.3) is 0 Å². The zero-order valence-electron chi connectivity index (χ0n) is 14.1. The van der Waals surface area contributed by atoms with Gasteiger partial charge in [0.15, 0.2) is 0 Å². The van der Waals surface area contributed by atoms with Crippen molar-refractivity contribution in [1.82, 2.24) is 10.2 Å². The summed E-state index contributed by atoms with van der Waals surface area (Å²) >= 11 is 0. The highest BCUT2D eigenvalue weighted by Crippen LogP contribution is 2.16. The number of methoxy groups -OCH3 is 1. The molecule has 1 aliphatic rings. The Kier molecular flexibility index (Phi) is 5.30.